The smallest absolute Gasteiger partial charge is 0.412 e. The zero-order chi connectivity index (χ0) is 21.1. The monoisotopic (exact) mass is 391 g/mol. The highest BCUT2D eigenvalue weighted by molar-refractivity contribution is 5.70. The molecule has 28 heavy (non-hydrogen) atoms. The summed E-state index contributed by atoms with van der Waals surface area (Å²) < 4.78 is 23.1. The molecule has 0 radical (unpaired) electrons. The largest absolute Gasteiger partial charge is 0.496 e. The van der Waals surface area contributed by atoms with Crippen LogP contribution in [0.4, 0.5) is 4.79 Å². The number of methoxy groups -OCH3 is 2. The van der Waals surface area contributed by atoms with E-state index >= 15 is 0 Å². The highest BCUT2D eigenvalue weighted by atomic mass is 16.6. The molecule has 1 unspecified atom stereocenters. The van der Waals surface area contributed by atoms with Gasteiger partial charge in [0.2, 0.25) is 0 Å². The van der Waals surface area contributed by atoms with Gasteiger partial charge in [0, 0.05) is 0 Å². The molecule has 0 spiro atoms. The maximum absolute atomic E-state index is 13.2. The highest BCUT2D eigenvalue weighted by Crippen LogP contribution is 2.45. The van der Waals surface area contributed by atoms with Crippen molar-refractivity contribution in [2.45, 2.75) is 65.0 Å². The Bertz CT molecular complexity index is 672. The van der Waals surface area contributed by atoms with Gasteiger partial charge in [-0.1, -0.05) is 26.0 Å². The number of benzene rings is 1. The van der Waals surface area contributed by atoms with Gasteiger partial charge in [0.25, 0.3) is 0 Å². The summed E-state index contributed by atoms with van der Waals surface area (Å²) in [6, 6.07) is 5.29. The number of amides is 1. The van der Waals surface area contributed by atoms with Crippen LogP contribution in [0, 0.1) is 5.92 Å². The van der Waals surface area contributed by atoms with Gasteiger partial charge in [0.1, 0.15) is 17.1 Å². The summed E-state index contributed by atoms with van der Waals surface area (Å²) in [6.07, 6.45) is 1.04. The maximum Gasteiger partial charge on any atom is 0.412 e. The van der Waals surface area contributed by atoms with Crippen molar-refractivity contribution >= 4 is 6.09 Å². The average Bonchev–Trinajstić information content (AvgIpc) is 2.96. The minimum absolute atomic E-state index is 0.202. The second-order valence-electron chi connectivity index (χ2n) is 8.35. The zero-order valence-corrected chi connectivity index (χ0v) is 18.0. The third-order valence-electron chi connectivity index (χ3n) is 4.54. The van der Waals surface area contributed by atoms with Crippen LogP contribution in [0.15, 0.2) is 30.9 Å². The van der Waals surface area contributed by atoms with E-state index in [2.05, 4.69) is 20.4 Å². The molecule has 1 amide bonds. The van der Waals surface area contributed by atoms with E-state index in [0.29, 0.717) is 23.0 Å². The molecule has 0 bridgehead atoms. The van der Waals surface area contributed by atoms with Crippen LogP contribution < -0.4 is 9.47 Å². The summed E-state index contributed by atoms with van der Waals surface area (Å²) in [5.74, 6) is 1.54. The van der Waals surface area contributed by atoms with E-state index in [0.717, 1.165) is 6.42 Å². The number of nitrogens with zero attached hydrogens (tertiary/aromatic N) is 1. The lowest BCUT2D eigenvalue weighted by atomic mass is 9.98. The molecule has 6 heteroatoms. The number of carbonyl (C=O) groups is 1. The molecular weight excluding hydrogens is 358 g/mol. The first-order valence-electron chi connectivity index (χ1n) is 9.63. The van der Waals surface area contributed by atoms with Crippen molar-refractivity contribution < 1.29 is 23.7 Å². The second-order valence-corrected chi connectivity index (χ2v) is 8.35. The number of ether oxygens (including phenoxy) is 4. The van der Waals surface area contributed by atoms with Crippen molar-refractivity contribution in [3.63, 3.8) is 0 Å². The predicted molar refractivity (Wildman–Crippen MR) is 109 cm³/mol. The fraction of sp³-hybridized carbons (Fsp3) is 0.591. The molecule has 1 heterocycles. The normalized spacial score (nSPS) is 22.3. The Morgan fingerprint density at radius 2 is 1.82 bits per heavy atom. The fourth-order valence-electron chi connectivity index (χ4n) is 3.46. The summed E-state index contributed by atoms with van der Waals surface area (Å²) in [6.45, 7) is 13.7. The Morgan fingerprint density at radius 3 is 2.25 bits per heavy atom. The van der Waals surface area contributed by atoms with Crippen LogP contribution in [-0.4, -0.2) is 43.0 Å². The van der Waals surface area contributed by atoms with Gasteiger partial charge >= 0.3 is 6.09 Å². The Labute approximate surface area is 168 Å². The van der Waals surface area contributed by atoms with Crippen molar-refractivity contribution in [1.82, 2.24) is 4.90 Å². The summed E-state index contributed by atoms with van der Waals surface area (Å²) in [7, 11) is 3.17. The molecular formula is C22H33NO5. The van der Waals surface area contributed by atoms with Crippen molar-refractivity contribution in [2.24, 2.45) is 5.92 Å². The van der Waals surface area contributed by atoms with Crippen LogP contribution in [0.1, 0.15) is 52.8 Å². The van der Waals surface area contributed by atoms with Crippen molar-refractivity contribution in [3.05, 3.63) is 36.4 Å². The minimum Gasteiger partial charge on any atom is -0.496 e. The zero-order valence-electron chi connectivity index (χ0n) is 18.0. The SMILES string of the molecule is C=C[C@@H]1OC(c2c(OC)cccc2OC)N(C(=O)OC(C)(C)C)[C@H]1CC(C)C. The molecule has 1 aromatic carbocycles. The summed E-state index contributed by atoms with van der Waals surface area (Å²) in [5.41, 5.74) is 0.0395. The third kappa shape index (κ3) is 4.79. The molecule has 1 saturated heterocycles. The van der Waals surface area contributed by atoms with Gasteiger partial charge in [-0.15, -0.1) is 6.58 Å². The first kappa shape index (κ1) is 22.1. The number of carbonyl (C=O) groups excluding carboxylic acids is 1. The van der Waals surface area contributed by atoms with Crippen molar-refractivity contribution in [1.29, 1.82) is 0 Å². The van der Waals surface area contributed by atoms with E-state index in [-0.39, 0.29) is 12.1 Å². The van der Waals surface area contributed by atoms with E-state index in [1.165, 1.54) is 0 Å². The van der Waals surface area contributed by atoms with E-state index in [9.17, 15) is 4.79 Å². The second kappa shape index (κ2) is 8.86. The van der Waals surface area contributed by atoms with Crippen molar-refractivity contribution in [3.8, 4) is 11.5 Å². The van der Waals surface area contributed by atoms with Crippen LogP contribution >= 0.6 is 0 Å². The first-order valence-corrected chi connectivity index (χ1v) is 9.63. The number of hydrogen-bond acceptors (Lipinski definition) is 5. The topological polar surface area (TPSA) is 57.2 Å². The molecule has 156 valence electrons. The molecule has 2 rings (SSSR count). The number of hydrogen-bond donors (Lipinski definition) is 0. The van der Waals surface area contributed by atoms with Crippen LogP contribution in [0.3, 0.4) is 0 Å². The molecule has 0 aliphatic carbocycles. The Morgan fingerprint density at radius 1 is 1.25 bits per heavy atom. The fourth-order valence-corrected chi connectivity index (χ4v) is 3.46. The summed E-state index contributed by atoms with van der Waals surface area (Å²) >= 11 is 0. The molecule has 0 aromatic heterocycles. The minimum atomic E-state index is -0.701. The third-order valence-corrected chi connectivity index (χ3v) is 4.54. The van der Waals surface area contributed by atoms with E-state index in [4.69, 9.17) is 18.9 Å². The molecule has 0 N–H and O–H groups in total. The number of rotatable bonds is 6. The quantitative estimate of drug-likeness (QED) is 0.643. The molecule has 1 fully saturated rings. The van der Waals surface area contributed by atoms with Crippen LogP contribution in [0.5, 0.6) is 11.5 Å². The molecule has 0 saturated carbocycles. The van der Waals surface area contributed by atoms with Gasteiger partial charge in [-0.25, -0.2) is 4.79 Å². The lowest BCUT2D eigenvalue weighted by molar-refractivity contribution is -0.0207. The van der Waals surface area contributed by atoms with Gasteiger partial charge < -0.3 is 18.9 Å². The Balaban J connectivity index is 2.57. The van der Waals surface area contributed by atoms with E-state index in [1.807, 2.05) is 39.0 Å². The van der Waals surface area contributed by atoms with Crippen LogP contribution in [-0.2, 0) is 9.47 Å². The van der Waals surface area contributed by atoms with Gasteiger partial charge in [-0.3, -0.25) is 4.90 Å². The van der Waals surface area contributed by atoms with E-state index in [1.54, 1.807) is 25.2 Å². The maximum atomic E-state index is 13.2. The lowest BCUT2D eigenvalue weighted by Gasteiger charge is -2.32. The molecule has 6 nitrogen and oxygen atoms in total. The molecule has 1 aliphatic rings. The van der Waals surface area contributed by atoms with E-state index < -0.39 is 17.9 Å². The van der Waals surface area contributed by atoms with Crippen LogP contribution in [0.25, 0.3) is 0 Å². The van der Waals surface area contributed by atoms with Crippen LogP contribution in [0.2, 0.25) is 0 Å². The Kier molecular flexibility index (Phi) is 6.99. The molecule has 1 aliphatic heterocycles. The average molecular weight is 392 g/mol. The highest BCUT2D eigenvalue weighted by Gasteiger charge is 2.48. The van der Waals surface area contributed by atoms with Gasteiger partial charge in [0.15, 0.2) is 6.23 Å². The predicted octanol–water partition coefficient (Wildman–Crippen LogP) is 4.94. The molecule has 3 atom stereocenters. The standard InChI is InChI=1S/C22H33NO5/c1-9-16-15(13-14(2)3)23(21(24)28-22(4,5)6)20(27-16)19-17(25-7)11-10-12-18(19)26-8/h9-12,14-16,20H,1,13H2,2-8H3/t15-,16-,20?/m0/s1. The summed E-state index contributed by atoms with van der Waals surface area (Å²) in [4.78, 5) is 14.9. The van der Waals surface area contributed by atoms with Gasteiger partial charge in [-0.05, 0) is 45.2 Å². The molecule has 1 aromatic rings. The van der Waals surface area contributed by atoms with Gasteiger partial charge in [0.05, 0.1) is 31.9 Å². The Hall–Kier alpha value is -2.21. The van der Waals surface area contributed by atoms with Gasteiger partial charge in [-0.2, -0.15) is 0 Å². The summed E-state index contributed by atoms with van der Waals surface area (Å²) in [5, 5.41) is 0. The first-order chi connectivity index (χ1) is 13.1. The lowest BCUT2D eigenvalue weighted by Crippen LogP contribution is -2.44. The van der Waals surface area contributed by atoms with Crippen molar-refractivity contribution in [2.75, 3.05) is 14.2 Å².